The number of rotatable bonds is 7. The highest BCUT2D eigenvalue weighted by Crippen LogP contribution is 2.25. The van der Waals surface area contributed by atoms with E-state index in [1.807, 2.05) is 31.2 Å². The van der Waals surface area contributed by atoms with Crippen molar-refractivity contribution in [2.24, 2.45) is 0 Å². The first-order valence-electron chi connectivity index (χ1n) is 9.95. The molecule has 1 aliphatic heterocycles. The molecule has 1 aliphatic rings. The van der Waals surface area contributed by atoms with Gasteiger partial charge >= 0.3 is 0 Å². The predicted octanol–water partition coefficient (Wildman–Crippen LogP) is 3.23. The molecular weight excluding hydrogens is 388 g/mol. The van der Waals surface area contributed by atoms with Crippen LogP contribution >= 0.6 is 0 Å². The van der Waals surface area contributed by atoms with Crippen molar-refractivity contribution in [2.75, 3.05) is 20.2 Å². The Morgan fingerprint density at radius 1 is 1.14 bits per heavy atom. The summed E-state index contributed by atoms with van der Waals surface area (Å²) in [6, 6.07) is 13.9. The molecule has 2 aromatic rings. The van der Waals surface area contributed by atoms with Crippen LogP contribution in [-0.2, 0) is 16.4 Å². The van der Waals surface area contributed by atoms with E-state index < -0.39 is 10.0 Å². The number of piperidine rings is 1. The SMILES string of the molecule is COc1ccccc1CCNC(=O)c1ccc(S(=O)(=O)N2CCCCC2C)cc1. The number of sulfonamides is 1. The lowest BCUT2D eigenvalue weighted by atomic mass is 10.1. The highest BCUT2D eigenvalue weighted by Gasteiger charge is 2.30. The number of methoxy groups -OCH3 is 1. The molecule has 6 nitrogen and oxygen atoms in total. The molecule has 1 saturated heterocycles. The van der Waals surface area contributed by atoms with Gasteiger partial charge in [0.15, 0.2) is 0 Å². The molecule has 156 valence electrons. The van der Waals surface area contributed by atoms with Gasteiger partial charge in [-0.05, 0) is 62.1 Å². The lowest BCUT2D eigenvalue weighted by Gasteiger charge is -2.32. The van der Waals surface area contributed by atoms with Gasteiger partial charge < -0.3 is 10.1 Å². The fourth-order valence-electron chi connectivity index (χ4n) is 3.66. The molecule has 2 aromatic carbocycles. The molecule has 0 aromatic heterocycles. The number of benzene rings is 2. The highest BCUT2D eigenvalue weighted by molar-refractivity contribution is 7.89. The van der Waals surface area contributed by atoms with Gasteiger partial charge in [0, 0.05) is 24.7 Å². The van der Waals surface area contributed by atoms with Crippen molar-refractivity contribution in [3.63, 3.8) is 0 Å². The van der Waals surface area contributed by atoms with E-state index >= 15 is 0 Å². The van der Waals surface area contributed by atoms with Gasteiger partial charge in [-0.1, -0.05) is 24.6 Å². The lowest BCUT2D eigenvalue weighted by molar-refractivity contribution is 0.0954. The molecule has 0 aliphatic carbocycles. The van der Waals surface area contributed by atoms with Crippen LogP contribution in [0.3, 0.4) is 0 Å². The first kappa shape index (κ1) is 21.3. The average molecular weight is 417 g/mol. The van der Waals surface area contributed by atoms with Crippen LogP contribution in [0, 0.1) is 0 Å². The Balaban J connectivity index is 1.61. The van der Waals surface area contributed by atoms with Gasteiger partial charge in [-0.15, -0.1) is 0 Å². The maximum atomic E-state index is 12.9. The zero-order valence-electron chi connectivity index (χ0n) is 16.9. The number of para-hydroxylation sites is 1. The number of hydrogen-bond donors (Lipinski definition) is 1. The van der Waals surface area contributed by atoms with E-state index in [2.05, 4.69) is 5.32 Å². The van der Waals surface area contributed by atoms with Crippen molar-refractivity contribution in [3.05, 3.63) is 59.7 Å². The van der Waals surface area contributed by atoms with Crippen molar-refractivity contribution in [1.29, 1.82) is 0 Å². The zero-order chi connectivity index (χ0) is 20.9. The van der Waals surface area contributed by atoms with Crippen LogP contribution in [0.2, 0.25) is 0 Å². The topological polar surface area (TPSA) is 75.7 Å². The molecule has 1 fully saturated rings. The second kappa shape index (κ2) is 9.41. The number of carbonyl (C=O) groups excluding carboxylic acids is 1. The molecule has 1 unspecified atom stereocenters. The standard InChI is InChI=1S/C22H28N2O4S/c1-17-7-5-6-16-24(17)29(26,27)20-12-10-19(11-13-20)22(25)23-15-14-18-8-3-4-9-21(18)28-2/h3-4,8-13,17H,5-7,14-16H2,1-2H3,(H,23,25). The van der Waals surface area contributed by atoms with Crippen molar-refractivity contribution in [3.8, 4) is 5.75 Å². The molecule has 3 rings (SSSR count). The Morgan fingerprint density at radius 2 is 1.86 bits per heavy atom. The molecule has 1 heterocycles. The molecule has 1 amide bonds. The van der Waals surface area contributed by atoms with Crippen LogP contribution in [0.4, 0.5) is 0 Å². The van der Waals surface area contributed by atoms with Crippen molar-refractivity contribution in [1.82, 2.24) is 9.62 Å². The van der Waals surface area contributed by atoms with E-state index in [9.17, 15) is 13.2 Å². The van der Waals surface area contributed by atoms with Crippen LogP contribution in [-0.4, -0.2) is 44.9 Å². The molecule has 0 spiro atoms. The summed E-state index contributed by atoms with van der Waals surface area (Å²) in [7, 11) is -1.90. The first-order chi connectivity index (χ1) is 13.9. The maximum absolute atomic E-state index is 12.9. The van der Waals surface area contributed by atoms with Gasteiger partial charge in [0.2, 0.25) is 10.0 Å². The summed E-state index contributed by atoms with van der Waals surface area (Å²) in [5, 5.41) is 2.87. The fourth-order valence-corrected chi connectivity index (χ4v) is 5.36. The minimum atomic E-state index is -3.53. The Morgan fingerprint density at radius 3 is 2.55 bits per heavy atom. The highest BCUT2D eigenvalue weighted by atomic mass is 32.2. The second-order valence-corrected chi connectivity index (χ2v) is 9.19. The molecule has 0 bridgehead atoms. The number of nitrogens with zero attached hydrogens (tertiary/aromatic N) is 1. The van der Waals surface area contributed by atoms with Gasteiger partial charge in [-0.3, -0.25) is 4.79 Å². The van der Waals surface area contributed by atoms with Gasteiger partial charge in [0.05, 0.1) is 12.0 Å². The van der Waals surface area contributed by atoms with Crippen LogP contribution < -0.4 is 10.1 Å². The van der Waals surface area contributed by atoms with Gasteiger partial charge in [0.25, 0.3) is 5.91 Å². The molecule has 0 radical (unpaired) electrons. The van der Waals surface area contributed by atoms with E-state index in [1.54, 1.807) is 23.5 Å². The van der Waals surface area contributed by atoms with E-state index in [0.717, 1.165) is 30.6 Å². The summed E-state index contributed by atoms with van der Waals surface area (Å²) in [4.78, 5) is 12.6. The van der Waals surface area contributed by atoms with Crippen LogP contribution in [0.15, 0.2) is 53.4 Å². The molecule has 1 atom stereocenters. The summed E-state index contributed by atoms with van der Waals surface area (Å²) < 4.78 is 32.6. The Hall–Kier alpha value is -2.38. The zero-order valence-corrected chi connectivity index (χ0v) is 17.7. The fraction of sp³-hybridized carbons (Fsp3) is 0.409. The Kier molecular flexibility index (Phi) is 6.92. The summed E-state index contributed by atoms with van der Waals surface area (Å²) in [5.41, 5.74) is 1.46. The molecule has 29 heavy (non-hydrogen) atoms. The van der Waals surface area contributed by atoms with Crippen LogP contribution in [0.25, 0.3) is 0 Å². The Labute approximate surface area is 172 Å². The molecular formula is C22H28N2O4S. The largest absolute Gasteiger partial charge is 0.496 e. The van der Waals surface area contributed by atoms with Gasteiger partial charge in [-0.2, -0.15) is 4.31 Å². The van der Waals surface area contributed by atoms with E-state index in [0.29, 0.717) is 25.1 Å². The maximum Gasteiger partial charge on any atom is 0.251 e. The predicted molar refractivity (Wildman–Crippen MR) is 113 cm³/mol. The summed E-state index contributed by atoms with van der Waals surface area (Å²) >= 11 is 0. The number of nitrogens with one attached hydrogen (secondary N) is 1. The lowest BCUT2D eigenvalue weighted by Crippen LogP contribution is -2.41. The summed E-state index contributed by atoms with van der Waals surface area (Å²) in [5.74, 6) is 0.568. The number of carbonyl (C=O) groups is 1. The van der Waals surface area contributed by atoms with Crippen LogP contribution in [0.1, 0.15) is 42.1 Å². The Bertz CT molecular complexity index is 942. The van der Waals surface area contributed by atoms with E-state index in [-0.39, 0.29) is 16.8 Å². The smallest absolute Gasteiger partial charge is 0.251 e. The molecule has 1 N–H and O–H groups in total. The van der Waals surface area contributed by atoms with Crippen molar-refractivity contribution >= 4 is 15.9 Å². The molecule has 0 saturated carbocycles. The number of hydrogen-bond acceptors (Lipinski definition) is 4. The third-order valence-electron chi connectivity index (χ3n) is 5.34. The number of ether oxygens (including phenoxy) is 1. The summed E-state index contributed by atoms with van der Waals surface area (Å²) in [6.07, 6.45) is 3.47. The van der Waals surface area contributed by atoms with Crippen molar-refractivity contribution in [2.45, 2.75) is 43.5 Å². The number of amides is 1. The average Bonchev–Trinajstić information content (AvgIpc) is 2.74. The third-order valence-corrected chi connectivity index (χ3v) is 7.37. The third kappa shape index (κ3) is 4.97. The van der Waals surface area contributed by atoms with Crippen LogP contribution in [0.5, 0.6) is 5.75 Å². The second-order valence-electron chi connectivity index (χ2n) is 7.30. The minimum Gasteiger partial charge on any atom is -0.496 e. The quantitative estimate of drug-likeness (QED) is 0.752. The minimum absolute atomic E-state index is 0.00621. The van der Waals surface area contributed by atoms with Gasteiger partial charge in [0.1, 0.15) is 5.75 Å². The molecule has 7 heteroatoms. The van der Waals surface area contributed by atoms with Crippen molar-refractivity contribution < 1.29 is 17.9 Å². The van der Waals surface area contributed by atoms with E-state index in [1.165, 1.54) is 12.1 Å². The first-order valence-corrected chi connectivity index (χ1v) is 11.4. The summed E-state index contributed by atoms with van der Waals surface area (Å²) in [6.45, 7) is 2.96. The van der Waals surface area contributed by atoms with Gasteiger partial charge in [-0.25, -0.2) is 8.42 Å². The normalized spacial score (nSPS) is 17.7. The monoisotopic (exact) mass is 416 g/mol. The van der Waals surface area contributed by atoms with E-state index in [4.69, 9.17) is 4.74 Å².